The summed E-state index contributed by atoms with van der Waals surface area (Å²) in [5, 5.41) is 1.15. The van der Waals surface area contributed by atoms with E-state index < -0.39 is 0 Å². The molecule has 1 aromatic heterocycles. The van der Waals surface area contributed by atoms with Crippen LogP contribution in [0.15, 0.2) is 24.3 Å². The number of amides is 1. The summed E-state index contributed by atoms with van der Waals surface area (Å²) in [6, 6.07) is 8.76. The molecule has 3 rings (SSSR count). The van der Waals surface area contributed by atoms with Crippen molar-refractivity contribution in [2.24, 2.45) is 0 Å². The Morgan fingerprint density at radius 1 is 1.39 bits per heavy atom. The molecule has 1 amide bonds. The first kappa shape index (κ1) is 16.2. The van der Waals surface area contributed by atoms with Gasteiger partial charge in [-0.15, -0.1) is 11.3 Å². The number of benzene rings is 1. The van der Waals surface area contributed by atoms with Crippen molar-refractivity contribution >= 4 is 27.6 Å². The summed E-state index contributed by atoms with van der Waals surface area (Å²) in [5.41, 5.74) is 1.08. The van der Waals surface area contributed by atoms with Crippen molar-refractivity contribution in [1.82, 2.24) is 14.8 Å². The zero-order valence-electron chi connectivity index (χ0n) is 13.7. The standard InChI is InChI=1S/C17H23N3O2S/c1-3-22-17(21)20-10-8-13(9-11-20)19(2)12-16-18-14-6-4-5-7-15(14)23-16/h4-7,13H,3,8-12H2,1-2H3. The summed E-state index contributed by atoms with van der Waals surface area (Å²) >= 11 is 1.76. The van der Waals surface area contributed by atoms with Crippen LogP contribution in [0.1, 0.15) is 24.8 Å². The molecule has 1 saturated heterocycles. The molecule has 5 nitrogen and oxygen atoms in total. The highest BCUT2D eigenvalue weighted by atomic mass is 32.1. The molecule has 23 heavy (non-hydrogen) atoms. The van der Waals surface area contributed by atoms with Crippen molar-refractivity contribution in [2.75, 3.05) is 26.7 Å². The third kappa shape index (κ3) is 3.82. The van der Waals surface area contributed by atoms with E-state index in [1.807, 2.05) is 17.9 Å². The molecule has 1 aliphatic heterocycles. The summed E-state index contributed by atoms with van der Waals surface area (Å²) in [5.74, 6) is 0. The Hall–Kier alpha value is -1.66. The number of hydrogen-bond donors (Lipinski definition) is 0. The van der Waals surface area contributed by atoms with Crippen LogP contribution in [0.3, 0.4) is 0 Å². The molecule has 2 heterocycles. The summed E-state index contributed by atoms with van der Waals surface area (Å²) in [7, 11) is 2.15. The lowest BCUT2D eigenvalue weighted by atomic mass is 10.0. The zero-order valence-corrected chi connectivity index (χ0v) is 14.5. The minimum Gasteiger partial charge on any atom is -0.450 e. The third-order valence-corrected chi connectivity index (χ3v) is 5.36. The number of carbonyl (C=O) groups excluding carboxylic acids is 1. The van der Waals surface area contributed by atoms with Gasteiger partial charge in [0.15, 0.2) is 0 Å². The molecule has 0 aliphatic carbocycles. The van der Waals surface area contributed by atoms with Crippen LogP contribution in [0.4, 0.5) is 4.79 Å². The number of fused-ring (bicyclic) bond motifs is 1. The highest BCUT2D eigenvalue weighted by molar-refractivity contribution is 7.18. The van der Waals surface area contributed by atoms with Gasteiger partial charge < -0.3 is 9.64 Å². The molecule has 0 unspecified atom stereocenters. The number of carbonyl (C=O) groups is 1. The maximum atomic E-state index is 11.7. The predicted octanol–water partition coefficient (Wildman–Crippen LogP) is 3.35. The number of likely N-dealkylation sites (tertiary alicyclic amines) is 1. The maximum absolute atomic E-state index is 11.7. The second kappa shape index (κ2) is 7.27. The van der Waals surface area contributed by atoms with Crippen molar-refractivity contribution in [2.45, 2.75) is 32.4 Å². The van der Waals surface area contributed by atoms with Crippen molar-refractivity contribution in [3.63, 3.8) is 0 Å². The number of hydrogen-bond acceptors (Lipinski definition) is 5. The minimum atomic E-state index is -0.181. The highest BCUT2D eigenvalue weighted by Crippen LogP contribution is 2.24. The van der Waals surface area contributed by atoms with Crippen molar-refractivity contribution in [3.05, 3.63) is 29.3 Å². The summed E-state index contributed by atoms with van der Waals surface area (Å²) in [6.07, 6.45) is 1.79. The Bertz CT molecular complexity index is 632. The summed E-state index contributed by atoms with van der Waals surface area (Å²) in [4.78, 5) is 20.6. The van der Waals surface area contributed by atoms with Gasteiger partial charge in [0, 0.05) is 19.1 Å². The average Bonchev–Trinajstić information content (AvgIpc) is 2.97. The van der Waals surface area contributed by atoms with E-state index in [9.17, 15) is 4.79 Å². The zero-order chi connectivity index (χ0) is 16.2. The van der Waals surface area contributed by atoms with Gasteiger partial charge in [0.05, 0.1) is 23.4 Å². The molecule has 1 aromatic carbocycles. The fourth-order valence-electron chi connectivity index (χ4n) is 3.03. The Kier molecular flexibility index (Phi) is 5.13. The molecule has 124 valence electrons. The number of aromatic nitrogens is 1. The van der Waals surface area contributed by atoms with Crippen LogP contribution in [0, 0.1) is 0 Å². The normalized spacial score (nSPS) is 16.2. The smallest absolute Gasteiger partial charge is 0.409 e. The Morgan fingerprint density at radius 3 is 2.83 bits per heavy atom. The molecule has 0 N–H and O–H groups in total. The molecule has 0 spiro atoms. The van der Waals surface area contributed by atoms with Crippen molar-refractivity contribution in [1.29, 1.82) is 0 Å². The van der Waals surface area contributed by atoms with E-state index in [1.165, 1.54) is 4.70 Å². The number of nitrogens with zero attached hydrogens (tertiary/aromatic N) is 3. The van der Waals surface area contributed by atoms with Crippen LogP contribution in [0.2, 0.25) is 0 Å². The lowest BCUT2D eigenvalue weighted by Gasteiger charge is -2.35. The molecule has 0 atom stereocenters. The van der Waals surface area contributed by atoms with Gasteiger partial charge in [0.1, 0.15) is 5.01 Å². The lowest BCUT2D eigenvalue weighted by Crippen LogP contribution is -2.45. The topological polar surface area (TPSA) is 45.7 Å². The predicted molar refractivity (Wildman–Crippen MR) is 92.7 cm³/mol. The van der Waals surface area contributed by atoms with Gasteiger partial charge in [-0.1, -0.05) is 12.1 Å². The molecule has 0 bridgehead atoms. The van der Waals surface area contributed by atoms with Crippen molar-refractivity contribution in [3.8, 4) is 0 Å². The van der Waals surface area contributed by atoms with Crippen molar-refractivity contribution < 1.29 is 9.53 Å². The van der Waals surface area contributed by atoms with E-state index in [0.29, 0.717) is 12.6 Å². The first-order valence-electron chi connectivity index (χ1n) is 8.13. The third-order valence-electron chi connectivity index (χ3n) is 4.34. The molecule has 1 aliphatic rings. The Balaban J connectivity index is 1.55. The molecule has 6 heteroatoms. The van der Waals surface area contributed by atoms with Crippen LogP contribution < -0.4 is 0 Å². The van der Waals surface area contributed by atoms with Crippen LogP contribution in [-0.2, 0) is 11.3 Å². The Labute approximate surface area is 140 Å². The molecule has 0 radical (unpaired) electrons. The summed E-state index contributed by atoms with van der Waals surface area (Å²) in [6.45, 7) is 4.69. The Morgan fingerprint density at radius 2 is 2.13 bits per heavy atom. The van der Waals surface area contributed by atoms with Gasteiger partial charge in [-0.25, -0.2) is 9.78 Å². The lowest BCUT2D eigenvalue weighted by molar-refractivity contribution is 0.0794. The van der Waals surface area contributed by atoms with Crippen LogP contribution in [0.5, 0.6) is 0 Å². The second-order valence-electron chi connectivity index (χ2n) is 5.91. The molecule has 1 fully saturated rings. The highest BCUT2D eigenvalue weighted by Gasteiger charge is 2.26. The maximum Gasteiger partial charge on any atom is 0.409 e. The molecule has 0 saturated carbocycles. The first-order chi connectivity index (χ1) is 11.2. The van der Waals surface area contributed by atoms with Gasteiger partial charge >= 0.3 is 6.09 Å². The summed E-state index contributed by atoms with van der Waals surface area (Å²) < 4.78 is 6.31. The van der Waals surface area contributed by atoms with Gasteiger partial charge in [-0.05, 0) is 38.9 Å². The van der Waals surface area contributed by atoms with E-state index >= 15 is 0 Å². The van der Waals surface area contributed by atoms with E-state index in [2.05, 4.69) is 30.1 Å². The van der Waals surface area contributed by atoms with Gasteiger partial charge in [0.25, 0.3) is 0 Å². The number of para-hydroxylation sites is 1. The van der Waals surface area contributed by atoms with Crippen LogP contribution in [0.25, 0.3) is 10.2 Å². The molecular formula is C17H23N3O2S. The largest absolute Gasteiger partial charge is 0.450 e. The minimum absolute atomic E-state index is 0.181. The van der Waals surface area contributed by atoms with E-state index in [-0.39, 0.29) is 6.09 Å². The fraction of sp³-hybridized carbons (Fsp3) is 0.529. The number of ether oxygens (including phenoxy) is 1. The van der Waals surface area contributed by atoms with Gasteiger partial charge in [-0.2, -0.15) is 0 Å². The van der Waals surface area contributed by atoms with E-state index in [0.717, 1.165) is 43.0 Å². The quantitative estimate of drug-likeness (QED) is 0.861. The van der Waals surface area contributed by atoms with Crippen LogP contribution in [-0.4, -0.2) is 53.7 Å². The monoisotopic (exact) mass is 333 g/mol. The van der Waals surface area contributed by atoms with Gasteiger partial charge in [0.2, 0.25) is 0 Å². The van der Waals surface area contributed by atoms with E-state index in [1.54, 1.807) is 11.3 Å². The second-order valence-corrected chi connectivity index (χ2v) is 7.02. The number of rotatable bonds is 4. The van der Waals surface area contributed by atoms with E-state index in [4.69, 9.17) is 9.72 Å². The average molecular weight is 333 g/mol. The van der Waals surface area contributed by atoms with Crippen LogP contribution >= 0.6 is 11.3 Å². The number of piperidine rings is 1. The molecule has 2 aromatic rings. The van der Waals surface area contributed by atoms with Gasteiger partial charge in [-0.3, -0.25) is 4.90 Å². The fourth-order valence-corrected chi connectivity index (χ4v) is 4.06. The SMILES string of the molecule is CCOC(=O)N1CCC(N(C)Cc2nc3ccccc3s2)CC1. The molecular weight excluding hydrogens is 310 g/mol. The first-order valence-corrected chi connectivity index (χ1v) is 8.95. The number of thiazole rings is 1.